The molecule has 150 valence electrons. The van der Waals surface area contributed by atoms with Crippen LogP contribution in [-0.2, 0) is 11.0 Å². The first kappa shape index (κ1) is 19.0. The van der Waals surface area contributed by atoms with Gasteiger partial charge < -0.3 is 4.90 Å². The van der Waals surface area contributed by atoms with Crippen LogP contribution in [0.3, 0.4) is 0 Å². The molecule has 0 N–H and O–H groups in total. The summed E-state index contributed by atoms with van der Waals surface area (Å²) in [6.07, 6.45) is -1.82. The smallest absolute Gasteiger partial charge is 0.332 e. The van der Waals surface area contributed by atoms with Crippen molar-refractivity contribution in [3.8, 4) is 11.3 Å². The van der Waals surface area contributed by atoms with Gasteiger partial charge in [-0.25, -0.2) is 14.1 Å². The number of carbonyl (C=O) groups excluding carboxylic acids is 1. The third-order valence-corrected chi connectivity index (χ3v) is 4.81. The highest BCUT2D eigenvalue weighted by molar-refractivity contribution is 5.92. The van der Waals surface area contributed by atoms with E-state index >= 15 is 0 Å². The predicted octanol–water partition coefficient (Wildman–Crippen LogP) is 3.69. The number of amides is 1. The maximum Gasteiger partial charge on any atom is 0.433 e. The Labute approximate surface area is 162 Å². The number of rotatable bonds is 3. The zero-order valence-corrected chi connectivity index (χ0v) is 15.2. The number of pyridine rings is 2. The fourth-order valence-corrected chi connectivity index (χ4v) is 3.39. The van der Waals surface area contributed by atoms with E-state index in [0.717, 1.165) is 6.20 Å². The van der Waals surface area contributed by atoms with Gasteiger partial charge in [-0.1, -0.05) is 6.58 Å². The fraction of sp³-hybridized carbons (Fsp3) is 0.263. The molecule has 0 aliphatic carbocycles. The number of fused-ring (bicyclic) bond motifs is 1. The minimum absolute atomic E-state index is 0.0107. The van der Waals surface area contributed by atoms with E-state index in [0.29, 0.717) is 22.3 Å². The molecule has 1 aliphatic rings. The maximum absolute atomic E-state index is 13.0. The lowest BCUT2D eigenvalue weighted by atomic mass is 10.1. The Morgan fingerprint density at radius 2 is 2.00 bits per heavy atom. The van der Waals surface area contributed by atoms with Gasteiger partial charge in [-0.15, -0.1) is 0 Å². The Hall–Kier alpha value is -3.30. The standard InChI is InChI=1S/C19H15F4N5O/c1-10-6-12(7-25-16(10)19(21,22)23)15-14-4-3-5-24-17(14)28(26-15)13-8-27(9-13)18(29)11(2)20/h3-7,13H,2,8-9H2,1H3. The summed E-state index contributed by atoms with van der Waals surface area (Å²) in [5.41, 5.74) is 0.441. The van der Waals surface area contributed by atoms with Gasteiger partial charge in [-0.05, 0) is 30.7 Å². The second-order valence-corrected chi connectivity index (χ2v) is 6.82. The molecule has 6 nitrogen and oxygen atoms in total. The minimum Gasteiger partial charge on any atom is -0.332 e. The van der Waals surface area contributed by atoms with E-state index in [-0.39, 0.29) is 24.7 Å². The summed E-state index contributed by atoms with van der Waals surface area (Å²) in [5.74, 6) is -1.80. The summed E-state index contributed by atoms with van der Waals surface area (Å²) >= 11 is 0. The van der Waals surface area contributed by atoms with Crippen molar-refractivity contribution in [3.63, 3.8) is 0 Å². The average Bonchev–Trinajstić information content (AvgIpc) is 2.98. The summed E-state index contributed by atoms with van der Waals surface area (Å²) < 4.78 is 53.6. The molecule has 1 aliphatic heterocycles. The molecule has 10 heteroatoms. The summed E-state index contributed by atoms with van der Waals surface area (Å²) in [6.45, 7) is 4.82. The third-order valence-electron chi connectivity index (χ3n) is 4.81. The van der Waals surface area contributed by atoms with Crippen molar-refractivity contribution in [2.45, 2.75) is 19.1 Å². The molecule has 0 bridgehead atoms. The predicted molar refractivity (Wildman–Crippen MR) is 96.4 cm³/mol. The number of alkyl halides is 3. The van der Waals surface area contributed by atoms with Crippen molar-refractivity contribution in [2.24, 2.45) is 0 Å². The third kappa shape index (κ3) is 3.24. The number of hydrogen-bond acceptors (Lipinski definition) is 4. The molecule has 0 atom stereocenters. The van der Waals surface area contributed by atoms with Crippen molar-refractivity contribution in [1.29, 1.82) is 0 Å². The van der Waals surface area contributed by atoms with Crippen LogP contribution in [-0.4, -0.2) is 43.6 Å². The fourth-order valence-electron chi connectivity index (χ4n) is 3.39. The molecular formula is C19H15F4N5O. The van der Waals surface area contributed by atoms with Gasteiger partial charge in [-0.2, -0.15) is 18.3 Å². The molecule has 4 heterocycles. The molecule has 29 heavy (non-hydrogen) atoms. The molecule has 0 unspecified atom stereocenters. The summed E-state index contributed by atoms with van der Waals surface area (Å²) in [6, 6.07) is 4.62. The number of carbonyl (C=O) groups is 1. The number of halogens is 4. The minimum atomic E-state index is -4.53. The lowest BCUT2D eigenvalue weighted by Gasteiger charge is -2.38. The highest BCUT2D eigenvalue weighted by atomic mass is 19.4. The van der Waals surface area contributed by atoms with Gasteiger partial charge in [0, 0.05) is 36.4 Å². The Bertz CT molecular complexity index is 1130. The van der Waals surface area contributed by atoms with Gasteiger partial charge in [0.15, 0.2) is 11.5 Å². The molecule has 0 aromatic carbocycles. The van der Waals surface area contributed by atoms with Crippen LogP contribution in [0.25, 0.3) is 22.3 Å². The number of aromatic nitrogens is 4. The molecule has 0 spiro atoms. The molecular weight excluding hydrogens is 390 g/mol. The topological polar surface area (TPSA) is 63.9 Å². The van der Waals surface area contributed by atoms with E-state index in [2.05, 4.69) is 21.6 Å². The van der Waals surface area contributed by atoms with Gasteiger partial charge in [0.2, 0.25) is 0 Å². The average molecular weight is 405 g/mol. The van der Waals surface area contributed by atoms with E-state index in [4.69, 9.17) is 0 Å². The van der Waals surface area contributed by atoms with Crippen LogP contribution in [0, 0.1) is 6.92 Å². The molecule has 1 amide bonds. The second-order valence-electron chi connectivity index (χ2n) is 6.82. The van der Waals surface area contributed by atoms with Gasteiger partial charge in [-0.3, -0.25) is 9.78 Å². The Kier molecular flexibility index (Phi) is 4.36. The Morgan fingerprint density at radius 3 is 2.62 bits per heavy atom. The largest absolute Gasteiger partial charge is 0.433 e. The van der Waals surface area contributed by atoms with Crippen LogP contribution in [0.2, 0.25) is 0 Å². The monoisotopic (exact) mass is 405 g/mol. The summed E-state index contributed by atoms with van der Waals surface area (Å²) in [4.78, 5) is 20.8. The summed E-state index contributed by atoms with van der Waals surface area (Å²) in [7, 11) is 0. The summed E-state index contributed by atoms with van der Waals surface area (Å²) in [5, 5.41) is 5.18. The molecule has 0 saturated carbocycles. The van der Waals surface area contributed by atoms with Crippen molar-refractivity contribution in [1.82, 2.24) is 24.6 Å². The molecule has 3 aromatic heterocycles. The van der Waals surface area contributed by atoms with Crippen LogP contribution in [0.4, 0.5) is 17.6 Å². The van der Waals surface area contributed by atoms with Gasteiger partial charge in [0.1, 0.15) is 11.4 Å². The number of hydrogen-bond donors (Lipinski definition) is 0. The first-order chi connectivity index (χ1) is 13.7. The number of nitrogens with zero attached hydrogens (tertiary/aromatic N) is 5. The van der Waals surface area contributed by atoms with Crippen LogP contribution in [0.1, 0.15) is 17.3 Å². The number of aryl methyl sites for hydroxylation is 1. The van der Waals surface area contributed by atoms with Crippen molar-refractivity contribution in [2.75, 3.05) is 13.1 Å². The maximum atomic E-state index is 13.0. The van der Waals surface area contributed by atoms with Gasteiger partial charge >= 0.3 is 6.18 Å². The lowest BCUT2D eigenvalue weighted by molar-refractivity contribution is -0.141. The number of likely N-dealkylation sites (tertiary alicyclic amines) is 1. The Balaban J connectivity index is 1.72. The molecule has 4 rings (SSSR count). The molecule has 0 radical (unpaired) electrons. The first-order valence-corrected chi connectivity index (χ1v) is 8.68. The first-order valence-electron chi connectivity index (χ1n) is 8.68. The molecule has 1 fully saturated rings. The van der Waals surface area contributed by atoms with Crippen LogP contribution >= 0.6 is 0 Å². The second kappa shape index (κ2) is 6.64. The van der Waals surface area contributed by atoms with Crippen LogP contribution < -0.4 is 0 Å². The van der Waals surface area contributed by atoms with E-state index in [1.807, 2.05) is 0 Å². The quantitative estimate of drug-likeness (QED) is 0.493. The van der Waals surface area contributed by atoms with E-state index < -0.39 is 23.6 Å². The van der Waals surface area contributed by atoms with Gasteiger partial charge in [0.05, 0.1) is 6.04 Å². The van der Waals surface area contributed by atoms with Crippen molar-refractivity contribution >= 4 is 16.9 Å². The zero-order chi connectivity index (χ0) is 20.9. The molecule has 3 aromatic rings. The highest BCUT2D eigenvalue weighted by Crippen LogP contribution is 2.35. The highest BCUT2D eigenvalue weighted by Gasteiger charge is 2.36. The SMILES string of the molecule is C=C(F)C(=O)N1CC(n2nc(-c3cnc(C(F)(F)F)c(C)c3)c3cccnc32)C1. The van der Waals surface area contributed by atoms with Crippen molar-refractivity contribution < 1.29 is 22.4 Å². The normalized spacial score (nSPS) is 14.9. The zero-order valence-electron chi connectivity index (χ0n) is 15.2. The van der Waals surface area contributed by atoms with Crippen molar-refractivity contribution in [3.05, 3.63) is 54.3 Å². The Morgan fingerprint density at radius 1 is 1.28 bits per heavy atom. The molecule has 1 saturated heterocycles. The van der Waals surface area contributed by atoms with Crippen LogP contribution in [0.5, 0.6) is 0 Å². The lowest BCUT2D eigenvalue weighted by Crippen LogP contribution is -2.51. The van der Waals surface area contributed by atoms with Crippen LogP contribution in [0.15, 0.2) is 43.0 Å². The van der Waals surface area contributed by atoms with Gasteiger partial charge in [0.25, 0.3) is 5.91 Å². The van der Waals surface area contributed by atoms with E-state index in [9.17, 15) is 22.4 Å². The van der Waals surface area contributed by atoms with E-state index in [1.54, 1.807) is 23.0 Å². The van der Waals surface area contributed by atoms with E-state index in [1.165, 1.54) is 17.9 Å².